The quantitative estimate of drug-likeness (QED) is 0.654. The molecule has 0 aliphatic carbocycles. The Kier molecular flexibility index (Phi) is 2.33. The highest BCUT2D eigenvalue weighted by Crippen LogP contribution is 2.23. The van der Waals surface area contributed by atoms with E-state index in [1.165, 1.54) is 0 Å². The number of halogens is 1. The van der Waals surface area contributed by atoms with Crippen molar-refractivity contribution in [1.82, 2.24) is 15.1 Å². The summed E-state index contributed by atoms with van der Waals surface area (Å²) in [6.07, 6.45) is 0. The van der Waals surface area contributed by atoms with Gasteiger partial charge in [0, 0.05) is 12.5 Å². The summed E-state index contributed by atoms with van der Waals surface area (Å²) in [5.74, 6) is 1.73. The Bertz CT molecular complexity index is 674. The van der Waals surface area contributed by atoms with Gasteiger partial charge in [0.05, 0.1) is 0 Å². The number of aromatic nitrogens is 3. The van der Waals surface area contributed by atoms with Crippen LogP contribution in [0, 0.1) is 6.92 Å². The van der Waals surface area contributed by atoms with Crippen LogP contribution >= 0.6 is 11.6 Å². The van der Waals surface area contributed by atoms with Gasteiger partial charge in [0.2, 0.25) is 11.7 Å². The number of aryl methyl sites for hydroxylation is 1. The van der Waals surface area contributed by atoms with Gasteiger partial charge >= 0.3 is 0 Å². The number of rotatable bonds is 2. The van der Waals surface area contributed by atoms with Crippen LogP contribution < -0.4 is 0 Å². The molecule has 0 unspecified atom stereocenters. The van der Waals surface area contributed by atoms with Crippen LogP contribution in [0.15, 0.2) is 27.1 Å². The highest BCUT2D eigenvalue weighted by atomic mass is 35.5. The molecule has 86 valence electrons. The third-order valence-corrected chi connectivity index (χ3v) is 2.56. The molecular weight excluding hydrogens is 242 g/mol. The Morgan fingerprint density at radius 1 is 1.29 bits per heavy atom. The molecule has 0 radical (unpaired) electrons. The van der Waals surface area contributed by atoms with E-state index in [1.54, 1.807) is 6.92 Å². The molecule has 0 spiro atoms. The van der Waals surface area contributed by atoms with E-state index in [2.05, 4.69) is 15.1 Å². The van der Waals surface area contributed by atoms with Crippen molar-refractivity contribution in [1.29, 1.82) is 0 Å². The van der Waals surface area contributed by atoms with Crippen LogP contribution in [0.2, 0.25) is 0 Å². The van der Waals surface area contributed by atoms with E-state index in [9.17, 15) is 0 Å². The average Bonchev–Trinajstić information content (AvgIpc) is 2.92. The second-order valence-corrected chi connectivity index (χ2v) is 3.83. The Morgan fingerprint density at radius 3 is 2.94 bits per heavy atom. The summed E-state index contributed by atoms with van der Waals surface area (Å²) in [6, 6.07) is 5.56. The summed E-state index contributed by atoms with van der Waals surface area (Å²) in [5, 5.41) is 3.84. The van der Waals surface area contributed by atoms with E-state index >= 15 is 0 Å². The predicted molar refractivity (Wildman–Crippen MR) is 61.6 cm³/mol. The third kappa shape index (κ3) is 1.78. The van der Waals surface area contributed by atoms with E-state index < -0.39 is 0 Å². The van der Waals surface area contributed by atoms with Gasteiger partial charge in [-0.05, 0) is 18.2 Å². The molecule has 0 bridgehead atoms. The first kappa shape index (κ1) is 10.3. The standard InChI is InChI=1S/C11H8ClN3O2/c1-6-13-8-3-2-7(4-9(8)16-6)11-14-10(5-12)17-15-11/h2-4H,5H2,1H3. The van der Waals surface area contributed by atoms with E-state index in [1.807, 2.05) is 18.2 Å². The molecule has 2 aromatic heterocycles. The minimum atomic E-state index is 0.205. The summed E-state index contributed by atoms with van der Waals surface area (Å²) in [5.41, 5.74) is 2.33. The molecule has 0 saturated carbocycles. The van der Waals surface area contributed by atoms with Crippen molar-refractivity contribution < 1.29 is 8.94 Å². The number of fused-ring (bicyclic) bond motifs is 1. The molecule has 1 aromatic carbocycles. The van der Waals surface area contributed by atoms with Crippen LogP contribution in [0.25, 0.3) is 22.5 Å². The van der Waals surface area contributed by atoms with Crippen LogP contribution in [0.5, 0.6) is 0 Å². The molecule has 0 saturated heterocycles. The maximum Gasteiger partial charge on any atom is 0.241 e. The van der Waals surface area contributed by atoms with Gasteiger partial charge in [-0.25, -0.2) is 4.98 Å². The summed E-state index contributed by atoms with van der Waals surface area (Å²) < 4.78 is 10.4. The molecular formula is C11H8ClN3O2. The molecule has 3 aromatic rings. The van der Waals surface area contributed by atoms with Gasteiger partial charge in [-0.15, -0.1) is 11.6 Å². The molecule has 5 nitrogen and oxygen atoms in total. The number of oxazole rings is 1. The predicted octanol–water partition coefficient (Wildman–Crippen LogP) is 2.93. The van der Waals surface area contributed by atoms with E-state index in [0.717, 1.165) is 11.1 Å². The van der Waals surface area contributed by atoms with Gasteiger partial charge in [-0.1, -0.05) is 5.16 Å². The molecule has 6 heteroatoms. The SMILES string of the molecule is Cc1nc2ccc(-c3noc(CCl)n3)cc2o1. The number of nitrogens with zero attached hydrogens (tertiary/aromatic N) is 3. The fourth-order valence-electron chi connectivity index (χ4n) is 1.61. The lowest BCUT2D eigenvalue weighted by atomic mass is 10.2. The van der Waals surface area contributed by atoms with Crippen molar-refractivity contribution >= 4 is 22.7 Å². The lowest BCUT2D eigenvalue weighted by Gasteiger charge is -1.92. The van der Waals surface area contributed by atoms with Gasteiger partial charge in [0.1, 0.15) is 11.4 Å². The maximum atomic E-state index is 5.60. The first-order chi connectivity index (χ1) is 8.26. The normalized spacial score (nSPS) is 11.2. The van der Waals surface area contributed by atoms with Crippen LogP contribution in [0.3, 0.4) is 0 Å². The fraction of sp³-hybridized carbons (Fsp3) is 0.182. The van der Waals surface area contributed by atoms with Crippen LogP contribution in [0.4, 0.5) is 0 Å². The van der Waals surface area contributed by atoms with Gasteiger partial charge in [-0.3, -0.25) is 0 Å². The minimum Gasteiger partial charge on any atom is -0.441 e. The average molecular weight is 250 g/mol. The summed E-state index contributed by atoms with van der Waals surface area (Å²) >= 11 is 5.60. The van der Waals surface area contributed by atoms with Crippen LogP contribution in [-0.4, -0.2) is 15.1 Å². The largest absolute Gasteiger partial charge is 0.441 e. The molecule has 3 rings (SSSR count). The zero-order chi connectivity index (χ0) is 11.8. The van der Waals surface area contributed by atoms with Gasteiger partial charge in [0.15, 0.2) is 11.5 Å². The zero-order valence-corrected chi connectivity index (χ0v) is 9.73. The summed E-state index contributed by atoms with van der Waals surface area (Å²) in [4.78, 5) is 8.36. The van der Waals surface area contributed by atoms with Gasteiger partial charge < -0.3 is 8.94 Å². The minimum absolute atomic E-state index is 0.205. The van der Waals surface area contributed by atoms with Crippen molar-refractivity contribution in [2.75, 3.05) is 0 Å². The lowest BCUT2D eigenvalue weighted by molar-refractivity contribution is 0.391. The van der Waals surface area contributed by atoms with Gasteiger partial charge in [0.25, 0.3) is 0 Å². The molecule has 17 heavy (non-hydrogen) atoms. The first-order valence-electron chi connectivity index (χ1n) is 5.02. The molecule has 2 heterocycles. The molecule has 0 N–H and O–H groups in total. The molecule has 0 aliphatic heterocycles. The second kappa shape index (κ2) is 3.85. The van der Waals surface area contributed by atoms with Crippen molar-refractivity contribution in [3.05, 3.63) is 30.0 Å². The Morgan fingerprint density at radius 2 is 2.18 bits per heavy atom. The van der Waals surface area contributed by atoms with E-state index in [-0.39, 0.29) is 5.88 Å². The van der Waals surface area contributed by atoms with Crippen molar-refractivity contribution in [3.8, 4) is 11.4 Å². The second-order valence-electron chi connectivity index (χ2n) is 3.56. The Hall–Kier alpha value is -1.88. The number of benzene rings is 1. The van der Waals surface area contributed by atoms with E-state index in [4.69, 9.17) is 20.5 Å². The molecule has 0 fully saturated rings. The molecule has 0 atom stereocenters. The van der Waals surface area contributed by atoms with Crippen molar-refractivity contribution in [2.45, 2.75) is 12.8 Å². The molecule has 0 amide bonds. The smallest absolute Gasteiger partial charge is 0.241 e. The van der Waals surface area contributed by atoms with E-state index in [0.29, 0.717) is 23.2 Å². The monoisotopic (exact) mass is 249 g/mol. The third-order valence-electron chi connectivity index (χ3n) is 2.34. The topological polar surface area (TPSA) is 65.0 Å². The maximum absolute atomic E-state index is 5.60. The lowest BCUT2D eigenvalue weighted by Crippen LogP contribution is -1.81. The summed E-state index contributed by atoms with van der Waals surface area (Å²) in [7, 11) is 0. The fourth-order valence-corrected chi connectivity index (χ4v) is 1.71. The van der Waals surface area contributed by atoms with Gasteiger partial charge in [-0.2, -0.15) is 4.98 Å². The number of hydrogen-bond acceptors (Lipinski definition) is 5. The Balaban J connectivity index is 2.10. The molecule has 0 aliphatic rings. The number of hydrogen-bond donors (Lipinski definition) is 0. The highest BCUT2D eigenvalue weighted by molar-refractivity contribution is 6.16. The highest BCUT2D eigenvalue weighted by Gasteiger charge is 2.10. The van der Waals surface area contributed by atoms with Crippen LogP contribution in [0.1, 0.15) is 11.8 Å². The van der Waals surface area contributed by atoms with Crippen molar-refractivity contribution in [2.24, 2.45) is 0 Å². The first-order valence-corrected chi connectivity index (χ1v) is 5.56. The Labute approximate surface area is 101 Å². The number of alkyl halides is 1. The van der Waals surface area contributed by atoms with Crippen molar-refractivity contribution in [3.63, 3.8) is 0 Å². The zero-order valence-electron chi connectivity index (χ0n) is 8.98. The summed E-state index contributed by atoms with van der Waals surface area (Å²) in [6.45, 7) is 1.81. The van der Waals surface area contributed by atoms with Crippen LogP contribution in [-0.2, 0) is 5.88 Å².